The molecule has 184 valence electrons. The van der Waals surface area contributed by atoms with Gasteiger partial charge in [-0.15, -0.1) is 13.2 Å². The Bertz CT molecular complexity index is 1280. The number of anilines is 1. The average molecular weight is 499 g/mol. The van der Waals surface area contributed by atoms with Crippen molar-refractivity contribution in [2.75, 3.05) is 5.32 Å². The van der Waals surface area contributed by atoms with Gasteiger partial charge in [-0.3, -0.25) is 14.9 Å². The number of ether oxygens (including phenoxy) is 1. The number of pyridine rings is 1. The smallest absolute Gasteiger partial charge is 0.406 e. The van der Waals surface area contributed by atoms with Gasteiger partial charge in [0.15, 0.2) is 0 Å². The number of nitrogens with one attached hydrogen (secondary N) is 2. The second-order valence-electron chi connectivity index (χ2n) is 7.06. The number of imide groups is 1. The van der Waals surface area contributed by atoms with Crippen LogP contribution in [0.1, 0.15) is 21.5 Å². The molecule has 1 aromatic heterocycles. The van der Waals surface area contributed by atoms with E-state index in [-0.39, 0.29) is 17.8 Å². The average Bonchev–Trinajstić information content (AvgIpc) is 2.75. The Morgan fingerprint density at radius 2 is 1.60 bits per heavy atom. The quantitative estimate of drug-likeness (QED) is 0.495. The fourth-order valence-corrected chi connectivity index (χ4v) is 2.91. The first-order chi connectivity index (χ1) is 16.3. The van der Waals surface area contributed by atoms with Crippen LogP contribution in [0.2, 0.25) is 0 Å². The highest BCUT2D eigenvalue weighted by atomic mass is 19.4. The van der Waals surface area contributed by atoms with Crippen LogP contribution in [0.4, 0.5) is 36.8 Å². The Balaban J connectivity index is 1.65. The Morgan fingerprint density at radius 1 is 0.914 bits per heavy atom. The number of hydrogen-bond acceptors (Lipinski definition) is 4. The van der Waals surface area contributed by atoms with E-state index in [2.05, 4.69) is 10.1 Å². The van der Waals surface area contributed by atoms with Gasteiger partial charge in [0.05, 0.1) is 12.1 Å². The number of amides is 3. The van der Waals surface area contributed by atoms with Gasteiger partial charge in [0.2, 0.25) is 0 Å². The van der Waals surface area contributed by atoms with Crippen LogP contribution >= 0.6 is 0 Å². The molecule has 3 rings (SSSR count). The van der Waals surface area contributed by atoms with E-state index in [0.717, 1.165) is 34.9 Å². The summed E-state index contributed by atoms with van der Waals surface area (Å²) < 4.78 is 79.9. The summed E-state index contributed by atoms with van der Waals surface area (Å²) in [6, 6.07) is 10.2. The number of hydrogen-bond donors (Lipinski definition) is 2. The normalized spacial score (nSPS) is 11.6. The van der Waals surface area contributed by atoms with Crippen molar-refractivity contribution in [3.8, 4) is 5.75 Å². The molecule has 1 heterocycles. The zero-order valence-electron chi connectivity index (χ0n) is 17.4. The molecule has 0 spiro atoms. The molecule has 7 nitrogen and oxygen atoms in total. The molecule has 0 fully saturated rings. The van der Waals surface area contributed by atoms with Crippen LogP contribution in [-0.2, 0) is 12.7 Å². The van der Waals surface area contributed by atoms with Crippen molar-refractivity contribution in [1.82, 2.24) is 9.88 Å². The number of urea groups is 1. The second-order valence-corrected chi connectivity index (χ2v) is 7.06. The highest BCUT2D eigenvalue weighted by molar-refractivity contribution is 6.08. The lowest BCUT2D eigenvalue weighted by Crippen LogP contribution is -2.34. The summed E-state index contributed by atoms with van der Waals surface area (Å²) in [6.07, 6.45) is -8.86. The SMILES string of the molecule is O=C(NC(=O)c1cccc(Cn2cc(C(F)(F)F)ccc2=O)c1)Nc1ccc(OC(F)(F)F)cc1. The molecule has 13 heteroatoms. The van der Waals surface area contributed by atoms with Crippen molar-refractivity contribution in [2.24, 2.45) is 0 Å². The van der Waals surface area contributed by atoms with Gasteiger partial charge in [-0.1, -0.05) is 12.1 Å². The summed E-state index contributed by atoms with van der Waals surface area (Å²) in [4.78, 5) is 36.4. The predicted molar refractivity (Wildman–Crippen MR) is 111 cm³/mol. The van der Waals surface area contributed by atoms with Gasteiger partial charge >= 0.3 is 18.6 Å². The zero-order valence-corrected chi connectivity index (χ0v) is 17.4. The van der Waals surface area contributed by atoms with Gasteiger partial charge in [-0.25, -0.2) is 4.79 Å². The predicted octanol–water partition coefficient (Wildman–Crippen LogP) is 4.78. The Labute approximate surface area is 192 Å². The van der Waals surface area contributed by atoms with Crippen molar-refractivity contribution in [1.29, 1.82) is 0 Å². The number of nitrogens with zero attached hydrogens (tertiary/aromatic N) is 1. The summed E-state index contributed by atoms with van der Waals surface area (Å²) >= 11 is 0. The van der Waals surface area contributed by atoms with E-state index in [1.165, 1.54) is 24.3 Å². The molecule has 0 aliphatic heterocycles. The molecule has 0 bridgehead atoms. The third-order valence-corrected chi connectivity index (χ3v) is 4.43. The molecule has 3 aromatic rings. The van der Waals surface area contributed by atoms with Crippen molar-refractivity contribution in [2.45, 2.75) is 19.1 Å². The monoisotopic (exact) mass is 499 g/mol. The number of carbonyl (C=O) groups excluding carboxylic acids is 2. The number of benzene rings is 2. The number of carbonyl (C=O) groups is 2. The molecule has 0 aliphatic carbocycles. The van der Waals surface area contributed by atoms with Crippen LogP contribution < -0.4 is 20.9 Å². The van der Waals surface area contributed by atoms with Gasteiger partial charge in [-0.05, 0) is 48.0 Å². The Morgan fingerprint density at radius 3 is 2.23 bits per heavy atom. The van der Waals surface area contributed by atoms with Crippen molar-refractivity contribution < 1.29 is 40.7 Å². The van der Waals surface area contributed by atoms with Gasteiger partial charge in [0.25, 0.3) is 11.5 Å². The van der Waals surface area contributed by atoms with E-state index in [4.69, 9.17) is 0 Å². The van der Waals surface area contributed by atoms with E-state index >= 15 is 0 Å². The van der Waals surface area contributed by atoms with Gasteiger partial charge in [-0.2, -0.15) is 13.2 Å². The Kier molecular flexibility index (Phi) is 7.17. The van der Waals surface area contributed by atoms with Crippen LogP contribution in [0.5, 0.6) is 5.75 Å². The first-order valence-electron chi connectivity index (χ1n) is 9.65. The molecular formula is C22H15F6N3O4. The largest absolute Gasteiger partial charge is 0.573 e. The van der Waals surface area contributed by atoms with Crippen LogP contribution in [0.3, 0.4) is 0 Å². The molecule has 0 saturated carbocycles. The summed E-state index contributed by atoms with van der Waals surface area (Å²) in [5, 5.41) is 4.27. The molecular weight excluding hydrogens is 484 g/mol. The molecule has 2 N–H and O–H groups in total. The van der Waals surface area contributed by atoms with E-state index in [9.17, 15) is 40.7 Å². The number of alkyl halides is 6. The molecule has 35 heavy (non-hydrogen) atoms. The van der Waals surface area contributed by atoms with Gasteiger partial charge < -0.3 is 14.6 Å². The zero-order chi connectivity index (χ0) is 25.8. The molecule has 0 atom stereocenters. The van der Waals surface area contributed by atoms with Gasteiger partial charge in [0, 0.05) is 23.5 Å². The maximum absolute atomic E-state index is 12.9. The molecule has 0 saturated heterocycles. The van der Waals surface area contributed by atoms with E-state index in [1.807, 2.05) is 5.32 Å². The molecule has 3 amide bonds. The van der Waals surface area contributed by atoms with E-state index < -0.39 is 41.3 Å². The van der Waals surface area contributed by atoms with Crippen molar-refractivity contribution >= 4 is 17.6 Å². The Hall–Kier alpha value is -4.29. The van der Waals surface area contributed by atoms with E-state index in [1.54, 1.807) is 0 Å². The molecule has 0 radical (unpaired) electrons. The minimum atomic E-state index is -4.87. The third kappa shape index (κ3) is 7.35. The first-order valence-corrected chi connectivity index (χ1v) is 9.65. The van der Waals surface area contributed by atoms with Crippen LogP contribution in [0.15, 0.2) is 71.7 Å². The second kappa shape index (κ2) is 9.91. The third-order valence-electron chi connectivity index (χ3n) is 4.43. The van der Waals surface area contributed by atoms with Crippen LogP contribution in [0.25, 0.3) is 0 Å². The topological polar surface area (TPSA) is 89.4 Å². The minimum absolute atomic E-state index is 0.0217. The lowest BCUT2D eigenvalue weighted by Gasteiger charge is -2.12. The summed E-state index contributed by atoms with van der Waals surface area (Å²) in [5.41, 5.74) is -1.33. The highest BCUT2D eigenvalue weighted by Crippen LogP contribution is 2.28. The molecule has 0 aliphatic rings. The minimum Gasteiger partial charge on any atom is -0.406 e. The van der Waals surface area contributed by atoms with Crippen LogP contribution in [-0.4, -0.2) is 22.9 Å². The molecule has 0 unspecified atom stereocenters. The lowest BCUT2D eigenvalue weighted by atomic mass is 10.1. The summed E-state index contributed by atoms with van der Waals surface area (Å²) in [7, 11) is 0. The first kappa shape index (κ1) is 25.3. The standard InChI is InChI=1S/C22H15F6N3O4/c23-21(24,25)15-4-9-18(32)31(12-15)11-13-2-1-3-14(10-13)19(33)30-20(34)29-16-5-7-17(8-6-16)35-22(26,27)28/h1-10,12H,11H2,(H2,29,30,33,34). The van der Waals surface area contributed by atoms with Crippen LogP contribution in [0, 0.1) is 0 Å². The van der Waals surface area contributed by atoms with E-state index in [0.29, 0.717) is 17.8 Å². The fourth-order valence-electron chi connectivity index (χ4n) is 2.91. The molecule has 2 aromatic carbocycles. The summed E-state index contributed by atoms with van der Waals surface area (Å²) in [5.74, 6) is -1.37. The summed E-state index contributed by atoms with van der Waals surface area (Å²) in [6.45, 7) is -0.261. The van der Waals surface area contributed by atoms with Gasteiger partial charge in [0.1, 0.15) is 5.75 Å². The van der Waals surface area contributed by atoms with Crippen molar-refractivity contribution in [3.63, 3.8) is 0 Å². The maximum atomic E-state index is 12.9. The fraction of sp³-hybridized carbons (Fsp3) is 0.136. The highest BCUT2D eigenvalue weighted by Gasteiger charge is 2.31. The van der Waals surface area contributed by atoms with Crippen molar-refractivity contribution in [3.05, 3.63) is 93.9 Å². The number of rotatable bonds is 5. The number of aromatic nitrogens is 1. The lowest BCUT2D eigenvalue weighted by molar-refractivity contribution is -0.274. The maximum Gasteiger partial charge on any atom is 0.573 e. The number of halogens is 6.